The van der Waals surface area contributed by atoms with Gasteiger partial charge in [-0.3, -0.25) is 4.90 Å². The highest BCUT2D eigenvalue weighted by molar-refractivity contribution is 5.40. The highest BCUT2D eigenvalue weighted by Gasteiger charge is 2.25. The molecule has 0 spiro atoms. The van der Waals surface area contributed by atoms with Gasteiger partial charge in [0, 0.05) is 18.3 Å². The average molecular weight is 252 g/mol. The minimum Gasteiger partial charge on any atom is -0.399 e. The Morgan fingerprint density at radius 2 is 1.74 bits per heavy atom. The zero-order valence-electron chi connectivity index (χ0n) is 11.1. The lowest BCUT2D eigenvalue weighted by Crippen LogP contribution is -2.22. The lowest BCUT2D eigenvalue weighted by molar-refractivity contribution is 0.248. The molecule has 1 fully saturated rings. The molecule has 1 atom stereocenters. The number of hydrogen-bond acceptors (Lipinski definition) is 2. The summed E-state index contributed by atoms with van der Waals surface area (Å²) in [5.74, 6) is 0. The van der Waals surface area contributed by atoms with E-state index in [0.29, 0.717) is 6.04 Å². The van der Waals surface area contributed by atoms with Crippen LogP contribution in [0.1, 0.15) is 30.0 Å². The molecule has 2 heteroatoms. The fraction of sp³-hybridized carbons (Fsp3) is 0.294. The van der Waals surface area contributed by atoms with Gasteiger partial charge in [-0.05, 0) is 42.6 Å². The van der Waals surface area contributed by atoms with Gasteiger partial charge in [0.15, 0.2) is 0 Å². The van der Waals surface area contributed by atoms with E-state index >= 15 is 0 Å². The standard InChI is InChI=1S/C17H20N2/c18-16-10-8-15(9-11-16)17-7-4-12-19(17)13-14-5-2-1-3-6-14/h1-3,5-6,8-11,17H,4,7,12-13,18H2. The molecule has 1 heterocycles. The summed E-state index contributed by atoms with van der Waals surface area (Å²) >= 11 is 0. The molecule has 0 aliphatic carbocycles. The molecule has 0 aromatic heterocycles. The summed E-state index contributed by atoms with van der Waals surface area (Å²) < 4.78 is 0. The lowest BCUT2D eigenvalue weighted by atomic mass is 10.0. The van der Waals surface area contributed by atoms with E-state index in [1.165, 1.54) is 30.5 Å². The molecule has 98 valence electrons. The van der Waals surface area contributed by atoms with Gasteiger partial charge in [0.05, 0.1) is 0 Å². The predicted octanol–water partition coefficient (Wildman–Crippen LogP) is 3.61. The van der Waals surface area contributed by atoms with Crippen LogP contribution in [0.15, 0.2) is 54.6 Å². The van der Waals surface area contributed by atoms with Crippen LogP contribution in [0, 0.1) is 0 Å². The maximum absolute atomic E-state index is 5.77. The molecule has 19 heavy (non-hydrogen) atoms. The fourth-order valence-corrected chi connectivity index (χ4v) is 2.93. The van der Waals surface area contributed by atoms with Gasteiger partial charge >= 0.3 is 0 Å². The number of hydrogen-bond donors (Lipinski definition) is 1. The van der Waals surface area contributed by atoms with E-state index in [9.17, 15) is 0 Å². The number of benzene rings is 2. The van der Waals surface area contributed by atoms with Crippen LogP contribution in [0.5, 0.6) is 0 Å². The molecule has 2 aromatic carbocycles. The lowest BCUT2D eigenvalue weighted by Gasteiger charge is -2.25. The topological polar surface area (TPSA) is 29.3 Å². The van der Waals surface area contributed by atoms with Crippen molar-refractivity contribution >= 4 is 5.69 Å². The van der Waals surface area contributed by atoms with E-state index in [1.54, 1.807) is 0 Å². The number of anilines is 1. The Bertz CT molecular complexity index is 519. The summed E-state index contributed by atoms with van der Waals surface area (Å²) in [7, 11) is 0. The molecule has 2 aromatic rings. The molecule has 1 aliphatic rings. The molecule has 0 bridgehead atoms. The first kappa shape index (κ1) is 12.2. The third-order valence-corrected chi connectivity index (χ3v) is 3.91. The summed E-state index contributed by atoms with van der Waals surface area (Å²) in [4.78, 5) is 2.57. The Hall–Kier alpha value is -1.80. The van der Waals surface area contributed by atoms with E-state index in [1.807, 2.05) is 12.1 Å². The third-order valence-electron chi connectivity index (χ3n) is 3.91. The summed E-state index contributed by atoms with van der Waals surface area (Å²) in [5.41, 5.74) is 9.40. The van der Waals surface area contributed by atoms with Gasteiger partial charge < -0.3 is 5.73 Å². The van der Waals surface area contributed by atoms with E-state index in [0.717, 1.165) is 12.2 Å². The van der Waals surface area contributed by atoms with Gasteiger partial charge in [-0.15, -0.1) is 0 Å². The Morgan fingerprint density at radius 1 is 1.00 bits per heavy atom. The largest absolute Gasteiger partial charge is 0.399 e. The van der Waals surface area contributed by atoms with Crippen LogP contribution in [0.25, 0.3) is 0 Å². The Morgan fingerprint density at radius 3 is 2.47 bits per heavy atom. The molecular formula is C17H20N2. The summed E-state index contributed by atoms with van der Waals surface area (Å²) in [6, 6.07) is 19.6. The predicted molar refractivity (Wildman–Crippen MR) is 79.7 cm³/mol. The molecular weight excluding hydrogens is 232 g/mol. The van der Waals surface area contributed by atoms with E-state index < -0.39 is 0 Å². The highest BCUT2D eigenvalue weighted by atomic mass is 15.2. The Kier molecular flexibility index (Phi) is 3.51. The number of nitrogens with zero attached hydrogens (tertiary/aromatic N) is 1. The van der Waals surface area contributed by atoms with Gasteiger partial charge in [-0.25, -0.2) is 0 Å². The van der Waals surface area contributed by atoms with Gasteiger partial charge in [-0.1, -0.05) is 42.5 Å². The Balaban J connectivity index is 1.76. The van der Waals surface area contributed by atoms with Crippen molar-refractivity contribution in [3.8, 4) is 0 Å². The van der Waals surface area contributed by atoms with Crippen LogP contribution in [-0.2, 0) is 6.54 Å². The van der Waals surface area contributed by atoms with Crippen LogP contribution < -0.4 is 5.73 Å². The van der Waals surface area contributed by atoms with Crippen LogP contribution in [0.2, 0.25) is 0 Å². The fourth-order valence-electron chi connectivity index (χ4n) is 2.93. The van der Waals surface area contributed by atoms with Gasteiger partial charge in [0.1, 0.15) is 0 Å². The molecule has 2 N–H and O–H groups in total. The van der Waals surface area contributed by atoms with Gasteiger partial charge in [0.2, 0.25) is 0 Å². The zero-order chi connectivity index (χ0) is 13.1. The number of rotatable bonds is 3. The van der Waals surface area contributed by atoms with E-state index in [2.05, 4.69) is 47.4 Å². The second kappa shape index (κ2) is 5.45. The third kappa shape index (κ3) is 2.79. The van der Waals surface area contributed by atoms with Gasteiger partial charge in [-0.2, -0.15) is 0 Å². The molecule has 1 saturated heterocycles. The normalized spacial score (nSPS) is 19.7. The smallest absolute Gasteiger partial charge is 0.0352 e. The molecule has 0 radical (unpaired) electrons. The van der Waals surface area contributed by atoms with Crippen molar-refractivity contribution in [1.82, 2.24) is 4.90 Å². The maximum atomic E-state index is 5.77. The first-order valence-corrected chi connectivity index (χ1v) is 6.96. The minimum absolute atomic E-state index is 0.542. The van der Waals surface area contributed by atoms with Crippen molar-refractivity contribution in [2.75, 3.05) is 12.3 Å². The van der Waals surface area contributed by atoms with E-state index in [4.69, 9.17) is 5.73 Å². The van der Waals surface area contributed by atoms with Crippen molar-refractivity contribution in [2.24, 2.45) is 0 Å². The van der Waals surface area contributed by atoms with Crippen molar-refractivity contribution in [1.29, 1.82) is 0 Å². The SMILES string of the molecule is Nc1ccc(C2CCCN2Cc2ccccc2)cc1. The molecule has 0 amide bonds. The molecule has 0 saturated carbocycles. The van der Waals surface area contributed by atoms with E-state index in [-0.39, 0.29) is 0 Å². The van der Waals surface area contributed by atoms with Crippen molar-refractivity contribution in [3.63, 3.8) is 0 Å². The maximum Gasteiger partial charge on any atom is 0.0352 e. The van der Waals surface area contributed by atoms with Gasteiger partial charge in [0.25, 0.3) is 0 Å². The number of nitrogens with two attached hydrogens (primary N) is 1. The highest BCUT2D eigenvalue weighted by Crippen LogP contribution is 2.33. The number of likely N-dealkylation sites (tertiary alicyclic amines) is 1. The quantitative estimate of drug-likeness (QED) is 0.846. The molecule has 1 unspecified atom stereocenters. The van der Waals surface area contributed by atoms with Crippen molar-refractivity contribution in [2.45, 2.75) is 25.4 Å². The first-order chi connectivity index (χ1) is 9.33. The van der Waals surface area contributed by atoms with Crippen LogP contribution >= 0.6 is 0 Å². The molecule has 3 rings (SSSR count). The van der Waals surface area contributed by atoms with Crippen LogP contribution in [0.3, 0.4) is 0 Å². The first-order valence-electron chi connectivity index (χ1n) is 6.96. The van der Waals surface area contributed by atoms with Crippen molar-refractivity contribution in [3.05, 3.63) is 65.7 Å². The Labute approximate surface area is 114 Å². The van der Waals surface area contributed by atoms with Crippen molar-refractivity contribution < 1.29 is 0 Å². The zero-order valence-corrected chi connectivity index (χ0v) is 11.1. The minimum atomic E-state index is 0.542. The molecule has 2 nitrogen and oxygen atoms in total. The summed E-state index contributed by atoms with van der Waals surface area (Å²) in [6.45, 7) is 2.22. The second-order valence-electron chi connectivity index (χ2n) is 5.28. The molecule has 1 aliphatic heterocycles. The second-order valence-corrected chi connectivity index (χ2v) is 5.28. The van der Waals surface area contributed by atoms with Crippen LogP contribution in [0.4, 0.5) is 5.69 Å². The average Bonchev–Trinajstić information content (AvgIpc) is 2.89. The summed E-state index contributed by atoms with van der Waals surface area (Å²) in [6.07, 6.45) is 2.53. The monoisotopic (exact) mass is 252 g/mol. The summed E-state index contributed by atoms with van der Waals surface area (Å²) in [5, 5.41) is 0. The number of nitrogen functional groups attached to an aromatic ring is 1. The van der Waals surface area contributed by atoms with Crippen LogP contribution in [-0.4, -0.2) is 11.4 Å².